The van der Waals surface area contributed by atoms with E-state index in [1.54, 1.807) is 23.1 Å². The Bertz CT molecular complexity index is 551. The third-order valence-corrected chi connectivity index (χ3v) is 5.41. The van der Waals surface area contributed by atoms with Crippen molar-refractivity contribution in [2.45, 2.75) is 29.5 Å². The summed E-state index contributed by atoms with van der Waals surface area (Å²) in [6, 6.07) is 8.39. The predicted molar refractivity (Wildman–Crippen MR) is 87.7 cm³/mol. The van der Waals surface area contributed by atoms with Crippen LogP contribution in [0.5, 0.6) is 0 Å². The van der Waals surface area contributed by atoms with E-state index in [4.69, 9.17) is 5.73 Å². The summed E-state index contributed by atoms with van der Waals surface area (Å²) in [6.07, 6.45) is 0. The van der Waals surface area contributed by atoms with Gasteiger partial charge in [0.1, 0.15) is 0 Å². The summed E-state index contributed by atoms with van der Waals surface area (Å²) in [5.74, 6) is 0. The van der Waals surface area contributed by atoms with Gasteiger partial charge in [0, 0.05) is 25.4 Å². The molecule has 4 nitrogen and oxygen atoms in total. The number of benzene rings is 1. The molecule has 2 aromatic rings. The first kappa shape index (κ1) is 15.3. The fraction of sp³-hybridized carbons (Fsp3) is 0.429. The van der Waals surface area contributed by atoms with Gasteiger partial charge in [-0.05, 0) is 12.5 Å². The number of aromatic nitrogens is 2. The number of hydrogen-bond donors (Lipinski definition) is 1. The van der Waals surface area contributed by atoms with Crippen LogP contribution in [0.2, 0.25) is 0 Å². The van der Waals surface area contributed by atoms with Crippen molar-refractivity contribution in [1.29, 1.82) is 0 Å². The molecule has 0 radical (unpaired) electrons. The summed E-state index contributed by atoms with van der Waals surface area (Å²) in [4.78, 5) is 1.96. The Morgan fingerprint density at radius 2 is 1.85 bits per heavy atom. The van der Waals surface area contributed by atoms with E-state index in [-0.39, 0.29) is 11.3 Å². The maximum absolute atomic E-state index is 6.33. The van der Waals surface area contributed by atoms with Crippen LogP contribution in [-0.2, 0) is 0 Å². The maximum atomic E-state index is 6.33. The molecule has 1 heterocycles. The predicted octanol–water partition coefficient (Wildman–Crippen LogP) is 3.09. The largest absolute Gasteiger partial charge is 0.353 e. The highest BCUT2D eigenvalue weighted by Crippen LogP contribution is 2.34. The Morgan fingerprint density at radius 3 is 2.40 bits per heavy atom. The van der Waals surface area contributed by atoms with Crippen LogP contribution in [0.3, 0.4) is 0 Å². The first-order valence-corrected chi connectivity index (χ1v) is 8.16. The van der Waals surface area contributed by atoms with Gasteiger partial charge in [0.25, 0.3) is 0 Å². The quantitative estimate of drug-likeness (QED) is 0.860. The third kappa shape index (κ3) is 3.71. The highest BCUT2D eigenvalue weighted by molar-refractivity contribution is 8.01. The number of nitrogens with two attached hydrogens (primary N) is 1. The lowest BCUT2D eigenvalue weighted by Crippen LogP contribution is -2.20. The molecule has 0 fully saturated rings. The Kier molecular flexibility index (Phi) is 5.01. The van der Waals surface area contributed by atoms with Gasteiger partial charge < -0.3 is 10.6 Å². The first-order chi connectivity index (χ1) is 9.47. The molecule has 0 spiro atoms. The minimum Gasteiger partial charge on any atom is -0.353 e. The standard InChI is InChI=1S/C14H20N4S2/c1-9-5-7-11(8-6-9)12(15)10(2)19-14-17-16-13(20-14)18(3)4/h5-8,10,12H,15H2,1-4H3. The molecule has 6 heteroatoms. The van der Waals surface area contributed by atoms with Crippen LogP contribution in [0.25, 0.3) is 0 Å². The van der Waals surface area contributed by atoms with Gasteiger partial charge in [-0.15, -0.1) is 10.2 Å². The second-order valence-corrected chi connectivity index (χ2v) is 7.58. The molecule has 2 rings (SSSR count). The minimum atomic E-state index is -0.00712. The summed E-state index contributed by atoms with van der Waals surface area (Å²) in [7, 11) is 3.94. The van der Waals surface area contributed by atoms with Crippen molar-refractivity contribution in [3.63, 3.8) is 0 Å². The number of nitrogens with zero attached hydrogens (tertiary/aromatic N) is 3. The van der Waals surface area contributed by atoms with Crippen LogP contribution in [-0.4, -0.2) is 29.5 Å². The van der Waals surface area contributed by atoms with Crippen molar-refractivity contribution in [3.05, 3.63) is 35.4 Å². The van der Waals surface area contributed by atoms with Crippen molar-refractivity contribution in [2.24, 2.45) is 5.73 Å². The molecule has 0 aliphatic heterocycles. The van der Waals surface area contributed by atoms with Crippen molar-refractivity contribution in [3.8, 4) is 0 Å². The molecule has 0 aliphatic rings. The molecule has 108 valence electrons. The van der Waals surface area contributed by atoms with E-state index in [1.807, 2.05) is 19.0 Å². The lowest BCUT2D eigenvalue weighted by molar-refractivity contribution is 0.714. The number of thioether (sulfide) groups is 1. The van der Waals surface area contributed by atoms with E-state index in [9.17, 15) is 0 Å². The Balaban J connectivity index is 2.03. The summed E-state index contributed by atoms with van der Waals surface area (Å²) < 4.78 is 0.962. The molecular weight excluding hydrogens is 288 g/mol. The molecule has 0 bridgehead atoms. The normalized spacial score (nSPS) is 14.1. The third-order valence-electron chi connectivity index (χ3n) is 3.03. The molecule has 2 atom stereocenters. The van der Waals surface area contributed by atoms with Gasteiger partial charge in [0.05, 0.1) is 0 Å². The van der Waals surface area contributed by atoms with Crippen molar-refractivity contribution in [1.82, 2.24) is 10.2 Å². The molecular formula is C14H20N4S2. The van der Waals surface area contributed by atoms with Crippen LogP contribution in [0.1, 0.15) is 24.1 Å². The Labute approximate surface area is 128 Å². The topological polar surface area (TPSA) is 55.0 Å². The van der Waals surface area contributed by atoms with Crippen molar-refractivity contribution < 1.29 is 0 Å². The van der Waals surface area contributed by atoms with Crippen LogP contribution in [0, 0.1) is 6.92 Å². The van der Waals surface area contributed by atoms with Crippen LogP contribution in [0.4, 0.5) is 5.13 Å². The van der Waals surface area contributed by atoms with Crippen molar-refractivity contribution in [2.75, 3.05) is 19.0 Å². The second kappa shape index (κ2) is 6.56. The highest BCUT2D eigenvalue weighted by atomic mass is 32.2. The van der Waals surface area contributed by atoms with Gasteiger partial charge in [0.15, 0.2) is 4.34 Å². The van der Waals surface area contributed by atoms with Crippen LogP contribution in [0.15, 0.2) is 28.6 Å². The number of aryl methyl sites for hydroxylation is 1. The summed E-state index contributed by atoms with van der Waals surface area (Å²) >= 11 is 3.28. The van der Waals surface area contributed by atoms with Gasteiger partial charge in [-0.3, -0.25) is 0 Å². The number of hydrogen-bond acceptors (Lipinski definition) is 6. The van der Waals surface area contributed by atoms with E-state index < -0.39 is 0 Å². The minimum absolute atomic E-state index is 0.00712. The maximum Gasteiger partial charge on any atom is 0.208 e. The van der Waals surface area contributed by atoms with Gasteiger partial charge in [0.2, 0.25) is 5.13 Å². The lowest BCUT2D eigenvalue weighted by atomic mass is 10.0. The summed E-state index contributed by atoms with van der Waals surface area (Å²) in [6.45, 7) is 4.21. The molecule has 1 aromatic carbocycles. The zero-order valence-corrected chi connectivity index (χ0v) is 13.8. The molecule has 20 heavy (non-hydrogen) atoms. The lowest BCUT2D eigenvalue weighted by Gasteiger charge is -2.18. The molecule has 2 unspecified atom stereocenters. The molecule has 0 saturated heterocycles. The van der Waals surface area contributed by atoms with E-state index in [2.05, 4.69) is 48.3 Å². The second-order valence-electron chi connectivity index (χ2n) is 5.00. The number of anilines is 1. The zero-order chi connectivity index (χ0) is 14.7. The average molecular weight is 308 g/mol. The van der Waals surface area contributed by atoms with E-state index in [0.717, 1.165) is 15.0 Å². The van der Waals surface area contributed by atoms with Gasteiger partial charge >= 0.3 is 0 Å². The first-order valence-electron chi connectivity index (χ1n) is 6.47. The summed E-state index contributed by atoms with van der Waals surface area (Å²) in [5, 5.41) is 9.52. The average Bonchev–Trinajstić information content (AvgIpc) is 2.87. The molecule has 2 N–H and O–H groups in total. The van der Waals surface area contributed by atoms with E-state index >= 15 is 0 Å². The molecule has 0 saturated carbocycles. The van der Waals surface area contributed by atoms with Gasteiger partial charge in [-0.1, -0.05) is 59.9 Å². The fourth-order valence-corrected chi connectivity index (χ4v) is 3.81. The van der Waals surface area contributed by atoms with Crippen LogP contribution >= 0.6 is 23.1 Å². The Hall–Kier alpha value is -1.11. The highest BCUT2D eigenvalue weighted by Gasteiger charge is 2.18. The van der Waals surface area contributed by atoms with Gasteiger partial charge in [-0.2, -0.15) is 0 Å². The zero-order valence-electron chi connectivity index (χ0n) is 12.2. The summed E-state index contributed by atoms with van der Waals surface area (Å²) in [5.41, 5.74) is 8.74. The van der Waals surface area contributed by atoms with E-state index in [1.165, 1.54) is 5.56 Å². The molecule has 0 amide bonds. The monoisotopic (exact) mass is 308 g/mol. The van der Waals surface area contributed by atoms with E-state index in [0.29, 0.717) is 0 Å². The Morgan fingerprint density at radius 1 is 1.20 bits per heavy atom. The molecule has 0 aliphatic carbocycles. The SMILES string of the molecule is Cc1ccc(C(N)C(C)Sc2nnc(N(C)C)s2)cc1. The van der Waals surface area contributed by atoms with Gasteiger partial charge in [-0.25, -0.2) is 0 Å². The number of rotatable bonds is 5. The van der Waals surface area contributed by atoms with Crippen LogP contribution < -0.4 is 10.6 Å². The fourth-order valence-electron chi connectivity index (χ4n) is 1.72. The van der Waals surface area contributed by atoms with Crippen molar-refractivity contribution >= 4 is 28.2 Å². The smallest absolute Gasteiger partial charge is 0.208 e. The molecule has 1 aromatic heterocycles.